The molecule has 1 N–H and O–H groups in total. The van der Waals surface area contributed by atoms with E-state index < -0.39 is 5.60 Å². The zero-order valence-electron chi connectivity index (χ0n) is 16.2. The summed E-state index contributed by atoms with van der Waals surface area (Å²) < 4.78 is 13.8. The predicted molar refractivity (Wildman–Crippen MR) is 112 cm³/mol. The van der Waals surface area contributed by atoms with Crippen LogP contribution < -0.4 is 4.90 Å². The van der Waals surface area contributed by atoms with Crippen molar-refractivity contribution < 1.29 is 9.50 Å². The number of rotatable bonds is 4. The summed E-state index contributed by atoms with van der Waals surface area (Å²) in [6.07, 6.45) is 3.82. The fourth-order valence-electron chi connectivity index (χ4n) is 4.78. The lowest BCUT2D eigenvalue weighted by Gasteiger charge is -2.44. The lowest BCUT2D eigenvalue weighted by atomic mass is 9.71. The predicted octanol–water partition coefficient (Wildman–Crippen LogP) is 4.68. The fourth-order valence-corrected chi connectivity index (χ4v) is 4.97. The van der Waals surface area contributed by atoms with E-state index in [2.05, 4.69) is 15.9 Å². The van der Waals surface area contributed by atoms with Crippen LogP contribution in [0.5, 0.6) is 0 Å². The van der Waals surface area contributed by atoms with Crippen molar-refractivity contribution in [3.8, 4) is 0 Å². The molecule has 1 saturated carbocycles. The molecule has 1 heterocycles. The van der Waals surface area contributed by atoms with Crippen molar-refractivity contribution in [2.45, 2.75) is 31.3 Å². The number of anilines is 1. The third-order valence-corrected chi connectivity index (χ3v) is 6.62. The SMILES string of the molecule is OC1(c2cccc(F)c2)CCCCC1CN1CCN(c2cccc(Cl)c2)CC1. The average molecular weight is 403 g/mol. The maximum atomic E-state index is 13.8. The Morgan fingerprint density at radius 3 is 2.57 bits per heavy atom. The molecule has 0 spiro atoms. The molecule has 2 atom stereocenters. The van der Waals surface area contributed by atoms with Crippen LogP contribution in [0, 0.1) is 11.7 Å². The summed E-state index contributed by atoms with van der Waals surface area (Å²) >= 11 is 6.13. The van der Waals surface area contributed by atoms with E-state index in [1.807, 2.05) is 24.3 Å². The van der Waals surface area contributed by atoms with E-state index in [1.54, 1.807) is 6.07 Å². The summed E-state index contributed by atoms with van der Waals surface area (Å²) in [6, 6.07) is 14.5. The van der Waals surface area contributed by atoms with Gasteiger partial charge in [-0.1, -0.05) is 42.6 Å². The molecule has 2 aromatic carbocycles. The van der Waals surface area contributed by atoms with Crippen LogP contribution in [0.2, 0.25) is 5.02 Å². The Labute approximate surface area is 171 Å². The first kappa shape index (κ1) is 19.7. The first-order valence-electron chi connectivity index (χ1n) is 10.3. The minimum Gasteiger partial charge on any atom is -0.385 e. The lowest BCUT2D eigenvalue weighted by molar-refractivity contribution is -0.0662. The van der Waals surface area contributed by atoms with Crippen LogP contribution in [-0.2, 0) is 5.60 Å². The molecule has 2 aliphatic rings. The molecule has 1 aliphatic heterocycles. The van der Waals surface area contributed by atoms with Crippen LogP contribution in [-0.4, -0.2) is 42.7 Å². The monoisotopic (exact) mass is 402 g/mol. The highest BCUT2D eigenvalue weighted by atomic mass is 35.5. The fraction of sp³-hybridized carbons (Fsp3) is 0.478. The maximum Gasteiger partial charge on any atom is 0.123 e. The third kappa shape index (κ3) is 4.19. The number of nitrogens with zero attached hydrogens (tertiary/aromatic N) is 2. The summed E-state index contributed by atoms with van der Waals surface area (Å²) in [6.45, 7) is 4.68. The Balaban J connectivity index is 1.42. The minimum absolute atomic E-state index is 0.140. The summed E-state index contributed by atoms with van der Waals surface area (Å²) in [4.78, 5) is 4.81. The van der Waals surface area contributed by atoms with Crippen molar-refractivity contribution in [2.75, 3.05) is 37.6 Å². The molecule has 0 bridgehead atoms. The van der Waals surface area contributed by atoms with Gasteiger partial charge in [-0.3, -0.25) is 4.90 Å². The summed E-state index contributed by atoms with van der Waals surface area (Å²) in [5.41, 5.74) is 0.973. The van der Waals surface area contributed by atoms with E-state index in [9.17, 15) is 9.50 Å². The van der Waals surface area contributed by atoms with Gasteiger partial charge >= 0.3 is 0 Å². The van der Waals surface area contributed by atoms with Gasteiger partial charge in [0, 0.05) is 49.4 Å². The van der Waals surface area contributed by atoms with Crippen LogP contribution in [0.3, 0.4) is 0 Å². The summed E-state index contributed by atoms with van der Waals surface area (Å²) in [5, 5.41) is 12.3. The van der Waals surface area contributed by atoms with E-state index in [-0.39, 0.29) is 11.7 Å². The highest BCUT2D eigenvalue weighted by Gasteiger charge is 2.41. The molecule has 0 amide bonds. The summed E-state index contributed by atoms with van der Waals surface area (Å²) in [7, 11) is 0. The number of hydrogen-bond donors (Lipinski definition) is 1. The Morgan fingerprint density at radius 1 is 1.04 bits per heavy atom. The van der Waals surface area contributed by atoms with Crippen LogP contribution in [0.15, 0.2) is 48.5 Å². The normalized spacial score (nSPS) is 26.4. The highest BCUT2D eigenvalue weighted by Crippen LogP contribution is 2.42. The molecule has 0 radical (unpaired) electrons. The standard InChI is InChI=1S/C23H28ClFN2O/c24-20-7-4-9-22(16-20)27-13-11-26(12-14-27)17-19-5-1-2-10-23(19,28)18-6-3-8-21(25)15-18/h3-4,6-9,15-16,19,28H,1-2,5,10-14,17H2. The molecule has 28 heavy (non-hydrogen) atoms. The zero-order valence-corrected chi connectivity index (χ0v) is 16.9. The molecule has 150 valence electrons. The second-order valence-corrected chi connectivity index (χ2v) is 8.58. The Bertz CT molecular complexity index is 809. The van der Waals surface area contributed by atoms with E-state index in [4.69, 9.17) is 11.6 Å². The number of benzene rings is 2. The van der Waals surface area contributed by atoms with Crippen LogP contribution in [0.1, 0.15) is 31.2 Å². The molecular weight excluding hydrogens is 375 g/mol. The first-order chi connectivity index (χ1) is 13.5. The van der Waals surface area contributed by atoms with E-state index in [0.717, 1.165) is 62.6 Å². The van der Waals surface area contributed by atoms with Gasteiger partial charge in [0.2, 0.25) is 0 Å². The first-order valence-corrected chi connectivity index (χ1v) is 10.6. The zero-order chi connectivity index (χ0) is 19.6. The van der Waals surface area contributed by atoms with Crippen molar-refractivity contribution in [3.05, 3.63) is 64.9 Å². The number of aliphatic hydroxyl groups is 1. The van der Waals surface area contributed by atoms with Gasteiger partial charge in [0.1, 0.15) is 5.82 Å². The molecule has 2 unspecified atom stereocenters. The second kappa shape index (κ2) is 8.40. The number of halogens is 2. The van der Waals surface area contributed by atoms with Gasteiger partial charge in [0.05, 0.1) is 5.60 Å². The molecule has 2 fully saturated rings. The van der Waals surface area contributed by atoms with Gasteiger partial charge in [-0.2, -0.15) is 0 Å². The van der Waals surface area contributed by atoms with Crippen molar-refractivity contribution in [1.29, 1.82) is 0 Å². The van der Waals surface area contributed by atoms with Gasteiger partial charge in [-0.25, -0.2) is 4.39 Å². The highest BCUT2D eigenvalue weighted by molar-refractivity contribution is 6.30. The van der Waals surface area contributed by atoms with Crippen molar-refractivity contribution in [3.63, 3.8) is 0 Å². The van der Waals surface area contributed by atoms with Gasteiger partial charge in [0.25, 0.3) is 0 Å². The Hall–Kier alpha value is -1.62. The summed E-state index contributed by atoms with van der Waals surface area (Å²) in [5.74, 6) is -0.133. The van der Waals surface area contributed by atoms with Crippen molar-refractivity contribution in [2.24, 2.45) is 5.92 Å². The van der Waals surface area contributed by atoms with E-state index in [1.165, 1.54) is 17.8 Å². The van der Waals surface area contributed by atoms with Crippen LogP contribution in [0.25, 0.3) is 0 Å². The largest absolute Gasteiger partial charge is 0.385 e. The quantitative estimate of drug-likeness (QED) is 0.804. The Kier molecular flexibility index (Phi) is 5.91. The van der Waals surface area contributed by atoms with Crippen LogP contribution >= 0.6 is 11.6 Å². The third-order valence-electron chi connectivity index (χ3n) is 6.38. The smallest absolute Gasteiger partial charge is 0.123 e. The van der Waals surface area contributed by atoms with E-state index in [0.29, 0.717) is 6.42 Å². The minimum atomic E-state index is -0.926. The number of piperazine rings is 1. The van der Waals surface area contributed by atoms with E-state index >= 15 is 0 Å². The molecule has 5 heteroatoms. The molecule has 0 aromatic heterocycles. The van der Waals surface area contributed by atoms with Gasteiger partial charge < -0.3 is 10.0 Å². The molecule has 3 nitrogen and oxygen atoms in total. The molecule has 4 rings (SSSR count). The van der Waals surface area contributed by atoms with Gasteiger partial charge in [0.15, 0.2) is 0 Å². The molecular formula is C23H28ClFN2O. The second-order valence-electron chi connectivity index (χ2n) is 8.14. The van der Waals surface area contributed by atoms with Crippen molar-refractivity contribution >= 4 is 17.3 Å². The average Bonchev–Trinajstić information content (AvgIpc) is 2.70. The molecule has 2 aromatic rings. The van der Waals surface area contributed by atoms with Crippen molar-refractivity contribution in [1.82, 2.24) is 4.90 Å². The van der Waals surface area contributed by atoms with Gasteiger partial charge in [-0.05, 0) is 48.7 Å². The molecule has 1 aliphatic carbocycles. The van der Waals surface area contributed by atoms with Crippen LogP contribution in [0.4, 0.5) is 10.1 Å². The Morgan fingerprint density at radius 2 is 1.82 bits per heavy atom. The topological polar surface area (TPSA) is 26.7 Å². The number of hydrogen-bond acceptors (Lipinski definition) is 3. The lowest BCUT2D eigenvalue weighted by Crippen LogP contribution is -2.51. The molecule has 1 saturated heterocycles. The maximum absolute atomic E-state index is 13.8. The van der Waals surface area contributed by atoms with Gasteiger partial charge in [-0.15, -0.1) is 0 Å².